The van der Waals surface area contributed by atoms with Gasteiger partial charge in [0.1, 0.15) is 0 Å². The van der Waals surface area contributed by atoms with Gasteiger partial charge >= 0.3 is 0 Å². The van der Waals surface area contributed by atoms with Gasteiger partial charge in [-0.05, 0) is 12.8 Å². The molecule has 0 radical (unpaired) electrons. The van der Waals surface area contributed by atoms with E-state index in [4.69, 9.17) is 9.47 Å². The number of hydrogen-bond acceptors (Lipinski definition) is 2. The largest absolute Gasteiger partial charge is 0.348 e. The van der Waals surface area contributed by atoms with Crippen LogP contribution in [0.5, 0.6) is 0 Å². The maximum atomic E-state index is 5.82. The van der Waals surface area contributed by atoms with Gasteiger partial charge in [0.2, 0.25) is 0 Å². The number of unbranched alkanes of at least 4 members (excludes halogenated alkanes) is 3. The minimum atomic E-state index is -0.292. The van der Waals surface area contributed by atoms with E-state index < -0.39 is 0 Å². The van der Waals surface area contributed by atoms with Crippen molar-refractivity contribution in [3.05, 3.63) is 24.8 Å². The molecule has 1 aliphatic heterocycles. The zero-order chi connectivity index (χ0) is 12.4. The Balaban J connectivity index is 2.28. The minimum Gasteiger partial charge on any atom is -0.348 e. The van der Waals surface area contributed by atoms with Crippen molar-refractivity contribution in [1.29, 1.82) is 0 Å². The summed E-state index contributed by atoms with van der Waals surface area (Å²) in [6, 6.07) is 0. The summed E-state index contributed by atoms with van der Waals surface area (Å²) < 4.78 is 11.6. The number of hydrogen-bond donors (Lipinski definition) is 0. The second-order valence-corrected chi connectivity index (χ2v) is 4.62. The van der Waals surface area contributed by atoms with E-state index in [2.05, 4.69) is 19.6 Å². The minimum absolute atomic E-state index is 0.292. The first-order valence-corrected chi connectivity index (χ1v) is 6.88. The van der Waals surface area contributed by atoms with Crippen LogP contribution in [0.15, 0.2) is 24.8 Å². The molecule has 1 fully saturated rings. The second kappa shape index (κ2) is 8.48. The lowest BCUT2D eigenvalue weighted by molar-refractivity contribution is -0.167. The average Bonchev–Trinajstić information content (AvgIpc) is 2.80. The Morgan fingerprint density at radius 2 is 1.88 bits per heavy atom. The number of allylic oxidation sites excluding steroid dienone is 3. The summed E-state index contributed by atoms with van der Waals surface area (Å²) in [4.78, 5) is 0. The Kier molecular flexibility index (Phi) is 7.22. The SMILES string of the molecule is C=C/C=C/CCC1(CCCCCC)OCCO1. The first kappa shape index (κ1) is 14.5. The van der Waals surface area contributed by atoms with Gasteiger partial charge in [0.15, 0.2) is 5.79 Å². The molecule has 0 aromatic heterocycles. The summed E-state index contributed by atoms with van der Waals surface area (Å²) in [5.41, 5.74) is 0. The molecule has 1 rings (SSSR count). The van der Waals surface area contributed by atoms with E-state index in [-0.39, 0.29) is 5.79 Å². The third-order valence-electron chi connectivity index (χ3n) is 3.19. The molecule has 1 saturated heterocycles. The van der Waals surface area contributed by atoms with Crippen LogP contribution in [0.25, 0.3) is 0 Å². The van der Waals surface area contributed by atoms with Crippen LogP contribution < -0.4 is 0 Å². The van der Waals surface area contributed by atoms with Crippen LogP contribution in [0, 0.1) is 0 Å². The maximum Gasteiger partial charge on any atom is 0.168 e. The van der Waals surface area contributed by atoms with Gasteiger partial charge in [0.05, 0.1) is 13.2 Å². The van der Waals surface area contributed by atoms with Crippen molar-refractivity contribution in [3.8, 4) is 0 Å². The van der Waals surface area contributed by atoms with Crippen molar-refractivity contribution in [2.75, 3.05) is 13.2 Å². The fourth-order valence-corrected chi connectivity index (χ4v) is 2.23. The Hall–Kier alpha value is -0.600. The lowest BCUT2D eigenvalue weighted by Gasteiger charge is -2.27. The highest BCUT2D eigenvalue weighted by Gasteiger charge is 2.34. The van der Waals surface area contributed by atoms with E-state index in [1.165, 1.54) is 25.7 Å². The fourth-order valence-electron chi connectivity index (χ4n) is 2.23. The van der Waals surface area contributed by atoms with Gasteiger partial charge < -0.3 is 9.47 Å². The predicted octanol–water partition coefficient (Wildman–Crippen LogP) is 4.22. The average molecular weight is 238 g/mol. The standard InChI is InChI=1S/C15H26O2/c1-3-5-7-9-11-15(16-13-14-17-15)12-10-8-6-4-2/h3,5,7H,1,4,6,8-14H2,2H3/b7-5+. The molecule has 0 atom stereocenters. The molecule has 2 heteroatoms. The van der Waals surface area contributed by atoms with Crippen LogP contribution in [0.2, 0.25) is 0 Å². The number of rotatable bonds is 9. The monoisotopic (exact) mass is 238 g/mol. The lowest BCUT2D eigenvalue weighted by Crippen LogP contribution is -2.29. The lowest BCUT2D eigenvalue weighted by atomic mass is 10.0. The maximum absolute atomic E-state index is 5.82. The molecule has 0 aromatic rings. The molecule has 0 spiro atoms. The van der Waals surface area contributed by atoms with Crippen molar-refractivity contribution in [1.82, 2.24) is 0 Å². The Morgan fingerprint density at radius 1 is 1.12 bits per heavy atom. The quantitative estimate of drug-likeness (QED) is 0.442. The van der Waals surface area contributed by atoms with Crippen LogP contribution >= 0.6 is 0 Å². The molecule has 0 amide bonds. The zero-order valence-corrected chi connectivity index (χ0v) is 11.1. The van der Waals surface area contributed by atoms with Gasteiger partial charge in [0.25, 0.3) is 0 Å². The summed E-state index contributed by atoms with van der Waals surface area (Å²) >= 11 is 0. The smallest absolute Gasteiger partial charge is 0.168 e. The van der Waals surface area contributed by atoms with Gasteiger partial charge in [-0.2, -0.15) is 0 Å². The molecular formula is C15H26O2. The first-order valence-electron chi connectivity index (χ1n) is 6.88. The molecule has 0 aliphatic carbocycles. The van der Waals surface area contributed by atoms with Gasteiger partial charge in [-0.15, -0.1) is 0 Å². The summed E-state index contributed by atoms with van der Waals surface area (Å²) in [6.07, 6.45) is 14.0. The number of ether oxygens (including phenoxy) is 2. The third-order valence-corrected chi connectivity index (χ3v) is 3.19. The van der Waals surface area contributed by atoms with Crippen LogP contribution in [-0.2, 0) is 9.47 Å². The fraction of sp³-hybridized carbons (Fsp3) is 0.733. The highest BCUT2D eigenvalue weighted by atomic mass is 16.7. The molecule has 0 bridgehead atoms. The molecule has 0 N–H and O–H groups in total. The van der Waals surface area contributed by atoms with Crippen molar-refractivity contribution in [2.24, 2.45) is 0 Å². The Bertz CT molecular complexity index is 227. The Labute approximate surface area is 106 Å². The summed E-state index contributed by atoms with van der Waals surface area (Å²) in [6.45, 7) is 7.40. The van der Waals surface area contributed by atoms with Crippen LogP contribution in [0.3, 0.4) is 0 Å². The van der Waals surface area contributed by atoms with Crippen LogP contribution in [0.1, 0.15) is 51.9 Å². The van der Waals surface area contributed by atoms with Gasteiger partial charge in [0, 0.05) is 12.8 Å². The highest BCUT2D eigenvalue weighted by Crippen LogP contribution is 2.31. The van der Waals surface area contributed by atoms with Gasteiger partial charge in [-0.25, -0.2) is 0 Å². The molecule has 2 nitrogen and oxygen atoms in total. The zero-order valence-electron chi connectivity index (χ0n) is 11.1. The summed E-state index contributed by atoms with van der Waals surface area (Å²) in [7, 11) is 0. The Morgan fingerprint density at radius 3 is 2.53 bits per heavy atom. The molecular weight excluding hydrogens is 212 g/mol. The molecule has 98 valence electrons. The highest BCUT2D eigenvalue weighted by molar-refractivity contribution is 4.97. The van der Waals surface area contributed by atoms with E-state index >= 15 is 0 Å². The first-order chi connectivity index (χ1) is 8.33. The third kappa shape index (κ3) is 5.51. The van der Waals surface area contributed by atoms with Crippen LogP contribution in [-0.4, -0.2) is 19.0 Å². The second-order valence-electron chi connectivity index (χ2n) is 4.62. The van der Waals surface area contributed by atoms with E-state index in [0.717, 1.165) is 32.5 Å². The van der Waals surface area contributed by atoms with Crippen LogP contribution in [0.4, 0.5) is 0 Å². The molecule has 1 aliphatic rings. The van der Waals surface area contributed by atoms with Crippen molar-refractivity contribution < 1.29 is 9.47 Å². The van der Waals surface area contributed by atoms with Crippen molar-refractivity contribution in [3.63, 3.8) is 0 Å². The predicted molar refractivity (Wildman–Crippen MR) is 72.0 cm³/mol. The molecule has 0 aromatic carbocycles. The molecule has 0 saturated carbocycles. The van der Waals surface area contributed by atoms with Crippen molar-refractivity contribution in [2.45, 2.75) is 57.7 Å². The van der Waals surface area contributed by atoms with E-state index in [1.54, 1.807) is 0 Å². The van der Waals surface area contributed by atoms with E-state index in [0.29, 0.717) is 0 Å². The molecule has 17 heavy (non-hydrogen) atoms. The topological polar surface area (TPSA) is 18.5 Å². The van der Waals surface area contributed by atoms with Gasteiger partial charge in [-0.3, -0.25) is 0 Å². The normalized spacial score (nSPS) is 18.9. The molecule has 1 heterocycles. The molecule has 0 unspecified atom stereocenters. The summed E-state index contributed by atoms with van der Waals surface area (Å²) in [5, 5.41) is 0. The summed E-state index contributed by atoms with van der Waals surface area (Å²) in [5.74, 6) is -0.292. The van der Waals surface area contributed by atoms with Gasteiger partial charge in [-0.1, -0.05) is 51.0 Å². The van der Waals surface area contributed by atoms with E-state index in [9.17, 15) is 0 Å². The van der Waals surface area contributed by atoms with E-state index in [1.807, 2.05) is 12.2 Å². The van der Waals surface area contributed by atoms with Crippen molar-refractivity contribution >= 4 is 0 Å².